The molecule has 0 saturated heterocycles. The average Bonchev–Trinajstić information content (AvgIpc) is 3.05. The maximum Gasteiger partial charge on any atom is 0.309 e. The zero-order valence-corrected chi connectivity index (χ0v) is 30.4. The number of esters is 2. The quantitative estimate of drug-likeness (QED) is 0.0304. The molecular weight excluding hydrogens is 568 g/mol. The third-order valence-electron chi connectivity index (χ3n) is 8.47. The summed E-state index contributed by atoms with van der Waals surface area (Å²) in [6.45, 7) is 4.97. The van der Waals surface area contributed by atoms with Gasteiger partial charge in [-0.15, -0.1) is 23.7 Å². The number of rotatable bonds is 34. The van der Waals surface area contributed by atoms with Crippen molar-refractivity contribution in [3.63, 3.8) is 0 Å². The van der Waals surface area contributed by atoms with Crippen molar-refractivity contribution in [2.45, 2.75) is 206 Å². The van der Waals surface area contributed by atoms with Gasteiger partial charge in [-0.3, -0.25) is 9.59 Å². The predicted molar refractivity (Wildman–Crippen MR) is 196 cm³/mol. The van der Waals surface area contributed by atoms with Crippen molar-refractivity contribution in [3.8, 4) is 23.7 Å². The molecule has 0 atom stereocenters. The third-order valence-corrected chi connectivity index (χ3v) is 8.47. The molecule has 0 N–H and O–H groups in total. The van der Waals surface area contributed by atoms with Gasteiger partial charge in [-0.05, 0) is 58.8 Å². The molecule has 264 valence electrons. The molecule has 0 aliphatic rings. The summed E-state index contributed by atoms with van der Waals surface area (Å²) in [6, 6.07) is 0. The van der Waals surface area contributed by atoms with E-state index in [9.17, 15) is 9.59 Å². The second-order valence-electron chi connectivity index (χ2n) is 12.8. The second-order valence-corrected chi connectivity index (χ2v) is 12.8. The van der Waals surface area contributed by atoms with Gasteiger partial charge in [0.1, 0.15) is 0 Å². The summed E-state index contributed by atoms with van der Waals surface area (Å²) >= 11 is 0. The number of unbranched alkanes of at least 4 members (excludes halogenated alkanes) is 25. The summed E-state index contributed by atoms with van der Waals surface area (Å²) < 4.78 is 10.8. The van der Waals surface area contributed by atoms with Crippen LogP contribution in [0.4, 0.5) is 0 Å². The van der Waals surface area contributed by atoms with Crippen LogP contribution in [0.25, 0.3) is 0 Å². The molecule has 0 aliphatic heterocycles. The van der Waals surface area contributed by atoms with Crippen LogP contribution in [0.2, 0.25) is 0 Å². The lowest BCUT2D eigenvalue weighted by Crippen LogP contribution is -2.05. The van der Waals surface area contributed by atoms with Crippen molar-refractivity contribution in [2.75, 3.05) is 13.2 Å². The van der Waals surface area contributed by atoms with Crippen LogP contribution < -0.4 is 0 Å². The first-order chi connectivity index (χ1) is 22.7. The van der Waals surface area contributed by atoms with Crippen LogP contribution in [0.1, 0.15) is 206 Å². The van der Waals surface area contributed by atoms with Crippen molar-refractivity contribution in [3.05, 3.63) is 12.2 Å². The minimum absolute atomic E-state index is 0.0157. The SMILES string of the molecule is CC#CCCCCCCCCCCOC(=O)C/C=C/CCCCCCCCCCCC(=O)OCCCCCCCCCCC#CC. The highest BCUT2D eigenvalue weighted by Crippen LogP contribution is 2.13. The van der Waals surface area contributed by atoms with Gasteiger partial charge in [-0.2, -0.15) is 0 Å². The Balaban J connectivity index is 3.29. The zero-order valence-electron chi connectivity index (χ0n) is 30.4. The number of allylic oxidation sites excluding steroid dienone is 1. The Morgan fingerprint density at radius 2 is 0.804 bits per heavy atom. The summed E-state index contributed by atoms with van der Waals surface area (Å²) in [5, 5.41) is 0. The normalized spacial score (nSPS) is 10.7. The maximum atomic E-state index is 11.9. The molecule has 0 fully saturated rings. The van der Waals surface area contributed by atoms with E-state index in [-0.39, 0.29) is 11.9 Å². The third kappa shape index (κ3) is 38.0. The molecule has 0 bridgehead atoms. The standard InChI is InChI=1S/C42H72O4/c1-3-5-7-9-11-13-19-23-27-31-35-39-45-41(43)37-33-29-25-21-17-15-16-18-22-26-30-34-38-42(44)46-40-36-32-28-24-20-14-12-10-8-6-4-2/h29,33H,7-28,30-32,34-40H2,1-2H3/b33-29+. The van der Waals surface area contributed by atoms with E-state index in [1.165, 1.54) is 128 Å². The summed E-state index contributed by atoms with van der Waals surface area (Å²) in [5.41, 5.74) is 0. The Morgan fingerprint density at radius 3 is 1.26 bits per heavy atom. The van der Waals surface area contributed by atoms with Crippen LogP contribution in [0.3, 0.4) is 0 Å². The highest BCUT2D eigenvalue weighted by atomic mass is 16.5. The van der Waals surface area contributed by atoms with Gasteiger partial charge < -0.3 is 9.47 Å². The van der Waals surface area contributed by atoms with Gasteiger partial charge in [0.2, 0.25) is 0 Å². The zero-order chi connectivity index (χ0) is 33.4. The smallest absolute Gasteiger partial charge is 0.309 e. The molecule has 0 saturated carbocycles. The van der Waals surface area contributed by atoms with E-state index in [1.807, 2.05) is 19.9 Å². The molecule has 4 nitrogen and oxygen atoms in total. The molecule has 0 aromatic rings. The van der Waals surface area contributed by atoms with Crippen molar-refractivity contribution in [1.82, 2.24) is 0 Å². The topological polar surface area (TPSA) is 52.6 Å². The van der Waals surface area contributed by atoms with Crippen LogP contribution in [0, 0.1) is 23.7 Å². The highest BCUT2D eigenvalue weighted by molar-refractivity contribution is 5.71. The molecule has 0 aliphatic carbocycles. The summed E-state index contributed by atoms with van der Waals surface area (Å²) in [5.74, 6) is 12.0. The van der Waals surface area contributed by atoms with Crippen LogP contribution in [-0.2, 0) is 19.1 Å². The average molecular weight is 641 g/mol. The van der Waals surface area contributed by atoms with Crippen molar-refractivity contribution in [2.24, 2.45) is 0 Å². The Hall–Kier alpha value is -2.20. The first kappa shape index (κ1) is 43.8. The molecular formula is C42H72O4. The van der Waals surface area contributed by atoms with E-state index in [2.05, 4.69) is 29.8 Å². The van der Waals surface area contributed by atoms with Crippen LogP contribution >= 0.6 is 0 Å². The largest absolute Gasteiger partial charge is 0.466 e. The van der Waals surface area contributed by atoms with E-state index in [0.29, 0.717) is 26.1 Å². The van der Waals surface area contributed by atoms with E-state index < -0.39 is 0 Å². The van der Waals surface area contributed by atoms with E-state index in [1.54, 1.807) is 0 Å². The van der Waals surface area contributed by atoms with Crippen molar-refractivity contribution in [1.29, 1.82) is 0 Å². The number of carbonyl (C=O) groups excluding carboxylic acids is 2. The molecule has 4 heteroatoms. The second kappa shape index (κ2) is 39.0. The van der Waals surface area contributed by atoms with Gasteiger partial charge in [0.25, 0.3) is 0 Å². The molecule has 0 heterocycles. The fourth-order valence-corrected chi connectivity index (χ4v) is 5.57. The van der Waals surface area contributed by atoms with Crippen molar-refractivity contribution < 1.29 is 19.1 Å². The van der Waals surface area contributed by atoms with E-state index in [0.717, 1.165) is 51.4 Å². The Labute approximate surface area is 286 Å². The Bertz CT molecular complexity index is 822. The molecule has 0 amide bonds. The summed E-state index contributed by atoms with van der Waals surface area (Å²) in [6.07, 6.45) is 38.8. The first-order valence-corrected chi connectivity index (χ1v) is 19.5. The van der Waals surface area contributed by atoms with Gasteiger partial charge in [-0.25, -0.2) is 0 Å². The summed E-state index contributed by atoms with van der Waals surface area (Å²) in [7, 11) is 0. The molecule has 46 heavy (non-hydrogen) atoms. The molecule has 0 spiro atoms. The van der Waals surface area contributed by atoms with E-state index in [4.69, 9.17) is 9.47 Å². The minimum Gasteiger partial charge on any atom is -0.466 e. The fourth-order valence-electron chi connectivity index (χ4n) is 5.57. The molecule has 0 unspecified atom stereocenters. The van der Waals surface area contributed by atoms with Gasteiger partial charge in [-0.1, -0.05) is 134 Å². The molecule has 0 rings (SSSR count). The lowest BCUT2D eigenvalue weighted by molar-refractivity contribution is -0.144. The molecule has 0 aromatic carbocycles. The first-order valence-electron chi connectivity index (χ1n) is 19.5. The van der Waals surface area contributed by atoms with Gasteiger partial charge >= 0.3 is 11.9 Å². The number of carbonyl (C=O) groups is 2. The van der Waals surface area contributed by atoms with Gasteiger partial charge in [0.05, 0.1) is 19.6 Å². The van der Waals surface area contributed by atoms with Crippen molar-refractivity contribution >= 4 is 11.9 Å². The number of hydrogen-bond donors (Lipinski definition) is 0. The highest BCUT2D eigenvalue weighted by Gasteiger charge is 2.03. The lowest BCUT2D eigenvalue weighted by atomic mass is 10.1. The van der Waals surface area contributed by atoms with Gasteiger partial charge in [0.15, 0.2) is 0 Å². The van der Waals surface area contributed by atoms with Gasteiger partial charge in [0, 0.05) is 19.3 Å². The van der Waals surface area contributed by atoms with Crippen LogP contribution in [0.5, 0.6) is 0 Å². The fraction of sp³-hybridized carbons (Fsp3) is 0.810. The molecule has 0 aromatic heterocycles. The monoisotopic (exact) mass is 641 g/mol. The number of ether oxygens (including phenoxy) is 2. The number of hydrogen-bond acceptors (Lipinski definition) is 4. The lowest BCUT2D eigenvalue weighted by Gasteiger charge is -2.05. The van der Waals surface area contributed by atoms with Crippen LogP contribution in [-0.4, -0.2) is 25.2 Å². The van der Waals surface area contributed by atoms with Crippen LogP contribution in [0.15, 0.2) is 12.2 Å². The van der Waals surface area contributed by atoms with E-state index >= 15 is 0 Å². The molecule has 0 radical (unpaired) electrons. The minimum atomic E-state index is -0.0970. The Kier molecular flexibility index (Phi) is 37.1. The predicted octanol–water partition coefficient (Wildman–Crippen LogP) is 12.4. The Morgan fingerprint density at radius 1 is 0.435 bits per heavy atom. The summed E-state index contributed by atoms with van der Waals surface area (Å²) in [4.78, 5) is 23.8. The maximum absolute atomic E-state index is 11.9.